The Balaban J connectivity index is 1.10. The lowest BCUT2D eigenvalue weighted by molar-refractivity contribution is 0.0966. The second kappa shape index (κ2) is 12.2. The number of nitrogens with zero attached hydrogens (tertiary/aromatic N) is 2. The molecule has 3 aromatic heterocycles. The van der Waals surface area contributed by atoms with E-state index >= 15 is 9.59 Å². The van der Waals surface area contributed by atoms with E-state index in [9.17, 15) is 0 Å². The molecule has 10 aromatic carbocycles. The maximum atomic E-state index is 15.6. The molecule has 4 heteroatoms. The van der Waals surface area contributed by atoms with Crippen molar-refractivity contribution >= 4 is 82.2 Å². The summed E-state index contributed by atoms with van der Waals surface area (Å²) < 4.78 is 4.90. The Bertz CT molecular complexity index is 4410. The molecule has 0 atom stereocenters. The van der Waals surface area contributed by atoms with Gasteiger partial charge in [0, 0.05) is 61.0 Å². The summed E-state index contributed by atoms with van der Waals surface area (Å²) in [6.45, 7) is 0. The van der Waals surface area contributed by atoms with Crippen LogP contribution in [0.1, 0.15) is 100 Å². The molecule has 4 nitrogen and oxygen atoms in total. The molecule has 314 valence electrons. The SMILES string of the molecule is O=C1c2cc3c(cc2C2c4ccccc4C1c1ccccc12)c1cc2c4cccc5cccc(c54)n(-c4ccccc4)c2c2c4cc5c(cc4n3c12)C(=O)C1c2ccccc2C5c2ccccc21. The maximum absolute atomic E-state index is 15.6. The normalized spacial score (nSPS) is 18.6. The van der Waals surface area contributed by atoms with E-state index in [1.165, 1.54) is 38.4 Å². The standard InChI is InChI=1S/C64H36N2O2/c67-63-49-31-53-44(28-45(49)56-35-18-4-8-22-39(35)58(63)40-23-9-5-19-36(40)56)48-30-47-43-26-12-14-33-15-13-27-52(55(33)43)65(34-16-2-1-3-17-34)61(47)60-51-29-46-50(32-54(51)66(53)62(48)60)64(68)59-41-24-10-6-20-37(41)57(46)38-21-7-11-25-42(38)59/h1-32,56-59H. The van der Waals surface area contributed by atoms with Crippen LogP contribution in [0.3, 0.4) is 0 Å². The molecule has 0 aliphatic heterocycles. The van der Waals surface area contributed by atoms with Crippen molar-refractivity contribution in [3.63, 3.8) is 0 Å². The van der Waals surface area contributed by atoms with Crippen molar-refractivity contribution in [2.24, 2.45) is 0 Å². The van der Waals surface area contributed by atoms with Gasteiger partial charge in [0.2, 0.25) is 0 Å². The molecule has 0 unspecified atom stereocenters. The van der Waals surface area contributed by atoms with Crippen molar-refractivity contribution in [1.82, 2.24) is 8.97 Å². The highest BCUT2D eigenvalue weighted by molar-refractivity contribution is 6.36. The van der Waals surface area contributed by atoms with Crippen molar-refractivity contribution in [2.45, 2.75) is 23.7 Å². The van der Waals surface area contributed by atoms with Gasteiger partial charge < -0.3 is 8.97 Å². The summed E-state index contributed by atoms with van der Waals surface area (Å²) in [5.74, 6) is -0.703. The predicted octanol–water partition coefficient (Wildman–Crippen LogP) is 14.7. The first-order valence-corrected chi connectivity index (χ1v) is 23.8. The van der Waals surface area contributed by atoms with Gasteiger partial charge in [-0.05, 0) is 115 Å². The maximum Gasteiger partial charge on any atom is 0.175 e. The van der Waals surface area contributed by atoms with Crippen molar-refractivity contribution < 1.29 is 9.59 Å². The first kappa shape index (κ1) is 35.6. The largest absolute Gasteiger partial charge is 0.309 e. The molecular formula is C64H36N2O2. The number of fused-ring (bicyclic) bond motifs is 9. The molecule has 13 aromatic rings. The fraction of sp³-hybridized carbons (Fsp3) is 0.0625. The Kier molecular flexibility index (Phi) is 6.41. The predicted molar refractivity (Wildman–Crippen MR) is 273 cm³/mol. The Morgan fingerprint density at radius 3 is 1.31 bits per heavy atom. The van der Waals surface area contributed by atoms with Gasteiger partial charge in [0.1, 0.15) is 0 Å². The molecule has 0 fully saturated rings. The number of Topliss-reactive ketones (excluding diaryl/α,β-unsaturated/α-hetero) is 2. The molecule has 0 saturated carbocycles. The van der Waals surface area contributed by atoms with E-state index in [4.69, 9.17) is 0 Å². The number of carbonyl (C=O) groups excluding carboxylic acids is 2. The van der Waals surface area contributed by atoms with Gasteiger partial charge in [0.05, 0.1) is 39.4 Å². The van der Waals surface area contributed by atoms with Crippen LogP contribution < -0.4 is 0 Å². The monoisotopic (exact) mass is 864 g/mol. The minimum atomic E-state index is -0.395. The third-order valence-electron chi connectivity index (χ3n) is 16.7. The number of ketones is 2. The number of hydrogen-bond donors (Lipinski definition) is 0. The Hall–Kier alpha value is -8.60. The van der Waals surface area contributed by atoms with Gasteiger partial charge >= 0.3 is 0 Å². The summed E-state index contributed by atoms with van der Waals surface area (Å²) in [6.07, 6.45) is 0. The zero-order valence-electron chi connectivity index (χ0n) is 36.5. The van der Waals surface area contributed by atoms with Crippen molar-refractivity contribution in [2.75, 3.05) is 0 Å². The first-order valence-electron chi connectivity index (χ1n) is 23.8. The van der Waals surface area contributed by atoms with Crippen LogP contribution in [0.2, 0.25) is 0 Å². The molecule has 4 bridgehead atoms. The van der Waals surface area contributed by atoms with Gasteiger partial charge in [-0.25, -0.2) is 0 Å². The average Bonchev–Trinajstić information content (AvgIpc) is 3.75. The third kappa shape index (κ3) is 4.09. The Morgan fingerprint density at radius 1 is 0.309 bits per heavy atom. The Labute approximate surface area is 389 Å². The quantitative estimate of drug-likeness (QED) is 0.122. The van der Waals surface area contributed by atoms with Gasteiger partial charge in [0.25, 0.3) is 0 Å². The summed E-state index contributed by atoms with van der Waals surface area (Å²) in [5, 5.41) is 9.28. The number of rotatable bonds is 1. The lowest BCUT2D eigenvalue weighted by Crippen LogP contribution is -2.19. The summed E-state index contributed by atoms with van der Waals surface area (Å²) >= 11 is 0. The smallest absolute Gasteiger partial charge is 0.175 e. The van der Waals surface area contributed by atoms with E-state index < -0.39 is 5.92 Å². The van der Waals surface area contributed by atoms with E-state index in [1.54, 1.807) is 0 Å². The lowest BCUT2D eigenvalue weighted by Gasteiger charge is -2.30. The molecule has 0 radical (unpaired) electrons. The van der Waals surface area contributed by atoms with Crippen molar-refractivity contribution in [3.8, 4) is 5.69 Å². The second-order valence-corrected chi connectivity index (χ2v) is 19.6. The van der Waals surface area contributed by atoms with E-state index in [0.29, 0.717) is 0 Å². The van der Waals surface area contributed by atoms with Gasteiger partial charge in [-0.15, -0.1) is 0 Å². The van der Waals surface area contributed by atoms with Crippen LogP contribution in [0.15, 0.2) is 194 Å². The lowest BCUT2D eigenvalue weighted by atomic mass is 9.72. The van der Waals surface area contributed by atoms with Crippen LogP contribution in [0.25, 0.3) is 76.4 Å². The molecule has 3 heterocycles. The number of benzene rings is 10. The summed E-state index contributed by atoms with van der Waals surface area (Å²) in [6, 6.07) is 70.2. The van der Waals surface area contributed by atoms with Crippen LogP contribution in [0.5, 0.6) is 0 Å². The molecule has 19 rings (SSSR count). The fourth-order valence-corrected chi connectivity index (χ4v) is 14.1. The Morgan fingerprint density at radius 2 is 0.765 bits per heavy atom. The summed E-state index contributed by atoms with van der Waals surface area (Å²) in [5.41, 5.74) is 19.3. The molecule has 0 saturated heterocycles. The van der Waals surface area contributed by atoms with Crippen LogP contribution in [0.4, 0.5) is 0 Å². The number of hydrogen-bond acceptors (Lipinski definition) is 2. The number of para-hydroxylation sites is 1. The first-order chi connectivity index (χ1) is 33.6. The molecule has 6 aliphatic carbocycles. The topological polar surface area (TPSA) is 43.5 Å². The highest BCUT2D eigenvalue weighted by Gasteiger charge is 2.45. The molecule has 6 aliphatic rings. The summed E-state index contributed by atoms with van der Waals surface area (Å²) in [7, 11) is 0. The van der Waals surface area contributed by atoms with E-state index in [1.807, 2.05) is 0 Å². The fourth-order valence-electron chi connectivity index (χ4n) is 14.1. The molecule has 0 amide bonds. The van der Waals surface area contributed by atoms with Crippen molar-refractivity contribution in [3.05, 3.63) is 261 Å². The van der Waals surface area contributed by atoms with Gasteiger partial charge in [-0.2, -0.15) is 0 Å². The molecule has 0 spiro atoms. The van der Waals surface area contributed by atoms with Gasteiger partial charge in [0.15, 0.2) is 11.6 Å². The number of carbonyl (C=O) groups is 2. The highest BCUT2D eigenvalue weighted by Crippen LogP contribution is 2.56. The third-order valence-corrected chi connectivity index (χ3v) is 16.7. The average molecular weight is 865 g/mol. The molecule has 68 heavy (non-hydrogen) atoms. The number of aromatic nitrogens is 2. The van der Waals surface area contributed by atoms with E-state index in [-0.39, 0.29) is 29.3 Å². The minimum Gasteiger partial charge on any atom is -0.309 e. The van der Waals surface area contributed by atoms with Crippen molar-refractivity contribution in [1.29, 1.82) is 0 Å². The number of pyridine rings is 1. The summed E-state index contributed by atoms with van der Waals surface area (Å²) in [4.78, 5) is 31.0. The zero-order chi connectivity index (χ0) is 44.3. The second-order valence-electron chi connectivity index (χ2n) is 19.6. The zero-order valence-corrected chi connectivity index (χ0v) is 36.5. The van der Waals surface area contributed by atoms with Crippen LogP contribution in [-0.2, 0) is 0 Å². The van der Waals surface area contributed by atoms with Crippen LogP contribution >= 0.6 is 0 Å². The van der Waals surface area contributed by atoms with Gasteiger partial charge in [-0.1, -0.05) is 146 Å². The van der Waals surface area contributed by atoms with Crippen LogP contribution in [-0.4, -0.2) is 20.5 Å². The van der Waals surface area contributed by atoms with Crippen LogP contribution in [0, 0.1) is 0 Å². The van der Waals surface area contributed by atoms with E-state index in [2.05, 4.69) is 203 Å². The molecule has 0 N–H and O–H groups in total. The van der Waals surface area contributed by atoms with Gasteiger partial charge in [-0.3, -0.25) is 9.59 Å². The van der Waals surface area contributed by atoms with E-state index in [0.717, 1.165) is 105 Å². The highest BCUT2D eigenvalue weighted by atomic mass is 16.1. The molecular weight excluding hydrogens is 829 g/mol. The minimum absolute atomic E-state index is 0.0865.